The molecule has 0 saturated carbocycles. The molecule has 2 N–H and O–H groups in total. The van der Waals surface area contributed by atoms with E-state index >= 15 is 0 Å². The Kier molecular flexibility index (Phi) is 4.87. The van der Waals surface area contributed by atoms with Crippen LogP contribution in [-0.4, -0.2) is 27.5 Å². The van der Waals surface area contributed by atoms with Crippen LogP contribution in [0.3, 0.4) is 0 Å². The number of hydrogen-bond acceptors (Lipinski definition) is 4. The first-order chi connectivity index (χ1) is 11.0. The van der Waals surface area contributed by atoms with Gasteiger partial charge in [-0.1, -0.05) is 23.7 Å². The molecular weight excluding hydrogens is 336 g/mol. The zero-order valence-corrected chi connectivity index (χ0v) is 13.9. The van der Waals surface area contributed by atoms with Crippen molar-refractivity contribution in [3.8, 4) is 11.5 Å². The summed E-state index contributed by atoms with van der Waals surface area (Å²) < 4.78 is 33.0. The van der Waals surface area contributed by atoms with E-state index in [4.69, 9.17) is 16.3 Å². The number of hydrogen-bond donors (Lipinski definition) is 2. The molecule has 1 atom stereocenters. The Balaban J connectivity index is 1.72. The summed E-state index contributed by atoms with van der Waals surface area (Å²) in [6.45, 7) is 1.49. The van der Waals surface area contributed by atoms with Crippen molar-refractivity contribution in [3.05, 3.63) is 53.6 Å². The first kappa shape index (κ1) is 16.3. The third kappa shape index (κ3) is 4.03. The molecule has 2 aromatic rings. The first-order valence-corrected chi connectivity index (χ1v) is 9.16. The van der Waals surface area contributed by atoms with Gasteiger partial charge in [-0.3, -0.25) is 0 Å². The maximum Gasteiger partial charge on any atom is 0.240 e. The van der Waals surface area contributed by atoms with Gasteiger partial charge in [-0.05, 0) is 49.4 Å². The van der Waals surface area contributed by atoms with Crippen molar-refractivity contribution in [1.82, 2.24) is 10.0 Å². The van der Waals surface area contributed by atoms with Crippen molar-refractivity contribution in [2.24, 2.45) is 0 Å². The highest BCUT2D eigenvalue weighted by Crippen LogP contribution is 2.29. The van der Waals surface area contributed by atoms with Crippen molar-refractivity contribution in [2.45, 2.75) is 17.4 Å². The molecule has 1 saturated heterocycles. The lowest BCUT2D eigenvalue weighted by Gasteiger charge is -2.12. The Morgan fingerprint density at radius 1 is 1.13 bits per heavy atom. The fourth-order valence-electron chi connectivity index (χ4n) is 2.38. The van der Waals surface area contributed by atoms with E-state index in [1.807, 2.05) is 12.1 Å². The third-order valence-corrected chi connectivity index (χ3v) is 5.43. The maximum absolute atomic E-state index is 12.3. The van der Waals surface area contributed by atoms with Gasteiger partial charge < -0.3 is 10.1 Å². The second-order valence-electron chi connectivity index (χ2n) is 5.31. The zero-order chi connectivity index (χ0) is 16.3. The fraction of sp³-hybridized carbons (Fsp3) is 0.250. The van der Waals surface area contributed by atoms with Crippen molar-refractivity contribution in [2.75, 3.05) is 13.1 Å². The van der Waals surface area contributed by atoms with Gasteiger partial charge in [0.15, 0.2) is 0 Å². The van der Waals surface area contributed by atoms with Gasteiger partial charge in [0.05, 0.1) is 9.92 Å². The molecule has 7 heteroatoms. The Morgan fingerprint density at radius 3 is 2.52 bits per heavy atom. The molecule has 0 aromatic heterocycles. The quantitative estimate of drug-likeness (QED) is 0.868. The number of nitrogens with one attached hydrogen (secondary N) is 2. The molecule has 1 fully saturated rings. The average Bonchev–Trinajstić information content (AvgIpc) is 3.02. The molecule has 0 bridgehead atoms. The number of benzene rings is 2. The van der Waals surface area contributed by atoms with Crippen molar-refractivity contribution < 1.29 is 13.2 Å². The molecule has 1 heterocycles. The number of para-hydroxylation sites is 1. The van der Waals surface area contributed by atoms with Crippen LogP contribution in [0.4, 0.5) is 0 Å². The van der Waals surface area contributed by atoms with E-state index in [9.17, 15) is 8.42 Å². The van der Waals surface area contributed by atoms with E-state index in [0.29, 0.717) is 23.1 Å². The van der Waals surface area contributed by atoms with E-state index in [2.05, 4.69) is 10.0 Å². The molecule has 0 amide bonds. The van der Waals surface area contributed by atoms with E-state index < -0.39 is 10.0 Å². The predicted octanol–water partition coefficient (Wildman–Crippen LogP) is 2.77. The average molecular weight is 353 g/mol. The summed E-state index contributed by atoms with van der Waals surface area (Å²) in [5, 5.41) is 3.63. The van der Waals surface area contributed by atoms with Crippen LogP contribution in [0.1, 0.15) is 6.42 Å². The van der Waals surface area contributed by atoms with Gasteiger partial charge in [-0.15, -0.1) is 0 Å². The van der Waals surface area contributed by atoms with Crippen molar-refractivity contribution in [1.29, 1.82) is 0 Å². The maximum atomic E-state index is 12.3. The third-order valence-electron chi connectivity index (χ3n) is 3.58. The van der Waals surface area contributed by atoms with Crippen molar-refractivity contribution >= 4 is 21.6 Å². The second kappa shape index (κ2) is 6.88. The summed E-state index contributed by atoms with van der Waals surface area (Å²) in [5.41, 5.74) is 0. The summed E-state index contributed by atoms with van der Waals surface area (Å²) in [5.74, 6) is 1.06. The standard InChI is InChI=1S/C16H17ClN2O3S/c17-15-3-1-2-4-16(15)22-13-5-7-14(8-6-13)23(20,21)19-12-9-10-18-11-12/h1-8,12,18-19H,9-11H2. The molecule has 0 aliphatic carbocycles. The monoisotopic (exact) mass is 352 g/mol. The highest BCUT2D eigenvalue weighted by molar-refractivity contribution is 7.89. The van der Waals surface area contributed by atoms with Crippen LogP contribution in [0.15, 0.2) is 53.4 Å². The van der Waals surface area contributed by atoms with E-state index in [1.165, 1.54) is 12.1 Å². The molecule has 1 aliphatic heterocycles. The van der Waals surface area contributed by atoms with Crippen molar-refractivity contribution in [3.63, 3.8) is 0 Å². The molecule has 0 spiro atoms. The summed E-state index contributed by atoms with van der Waals surface area (Å²) in [4.78, 5) is 0.218. The van der Waals surface area contributed by atoms with Crippen LogP contribution in [0.2, 0.25) is 5.02 Å². The van der Waals surface area contributed by atoms with Crippen LogP contribution in [0, 0.1) is 0 Å². The molecular formula is C16H17ClN2O3S. The van der Waals surface area contributed by atoms with Gasteiger partial charge in [0, 0.05) is 12.6 Å². The number of halogens is 1. The smallest absolute Gasteiger partial charge is 0.240 e. The Hall–Kier alpha value is -1.60. The molecule has 1 unspecified atom stereocenters. The largest absolute Gasteiger partial charge is 0.456 e. The van der Waals surface area contributed by atoms with Gasteiger partial charge in [0.25, 0.3) is 0 Å². The van der Waals surface area contributed by atoms with Crippen LogP contribution < -0.4 is 14.8 Å². The molecule has 122 valence electrons. The topological polar surface area (TPSA) is 67.4 Å². The summed E-state index contributed by atoms with van der Waals surface area (Å²) in [6, 6.07) is 13.3. The van der Waals surface area contributed by atoms with E-state index in [1.54, 1.807) is 24.3 Å². The molecule has 2 aromatic carbocycles. The zero-order valence-electron chi connectivity index (χ0n) is 12.3. The lowest BCUT2D eigenvalue weighted by molar-refractivity contribution is 0.482. The van der Waals surface area contributed by atoms with Gasteiger partial charge in [0.2, 0.25) is 10.0 Å². The predicted molar refractivity (Wildman–Crippen MR) is 89.6 cm³/mol. The summed E-state index contributed by atoms with van der Waals surface area (Å²) >= 11 is 6.04. The Morgan fingerprint density at radius 2 is 1.87 bits per heavy atom. The summed E-state index contributed by atoms with van der Waals surface area (Å²) in [7, 11) is -3.51. The Labute approximate surface area is 140 Å². The molecule has 0 radical (unpaired) electrons. The second-order valence-corrected chi connectivity index (χ2v) is 7.44. The molecule has 5 nitrogen and oxygen atoms in total. The molecule has 23 heavy (non-hydrogen) atoms. The van der Waals surface area contributed by atoms with Gasteiger partial charge in [-0.2, -0.15) is 0 Å². The SMILES string of the molecule is O=S(=O)(NC1CCNC1)c1ccc(Oc2ccccc2Cl)cc1. The fourth-order valence-corrected chi connectivity index (χ4v) is 3.83. The normalized spacial score (nSPS) is 18.0. The van der Waals surface area contributed by atoms with Crippen LogP contribution >= 0.6 is 11.6 Å². The van der Waals surface area contributed by atoms with Gasteiger partial charge in [-0.25, -0.2) is 13.1 Å². The first-order valence-electron chi connectivity index (χ1n) is 7.30. The number of sulfonamides is 1. The van der Waals surface area contributed by atoms with E-state index in [-0.39, 0.29) is 10.9 Å². The lowest BCUT2D eigenvalue weighted by atomic mass is 10.3. The van der Waals surface area contributed by atoms with E-state index in [0.717, 1.165) is 13.0 Å². The highest BCUT2D eigenvalue weighted by Gasteiger charge is 2.22. The van der Waals surface area contributed by atoms with Crippen LogP contribution in [0.5, 0.6) is 11.5 Å². The number of rotatable bonds is 5. The number of ether oxygens (including phenoxy) is 1. The highest BCUT2D eigenvalue weighted by atomic mass is 35.5. The van der Waals surface area contributed by atoms with Crippen LogP contribution in [-0.2, 0) is 10.0 Å². The van der Waals surface area contributed by atoms with Gasteiger partial charge in [0.1, 0.15) is 11.5 Å². The van der Waals surface area contributed by atoms with Crippen LogP contribution in [0.25, 0.3) is 0 Å². The minimum atomic E-state index is -3.51. The Bertz CT molecular complexity index is 772. The summed E-state index contributed by atoms with van der Waals surface area (Å²) in [6.07, 6.45) is 0.799. The minimum absolute atomic E-state index is 0.0564. The molecule has 3 rings (SSSR count). The lowest BCUT2D eigenvalue weighted by Crippen LogP contribution is -2.36. The molecule has 1 aliphatic rings. The van der Waals surface area contributed by atoms with Gasteiger partial charge >= 0.3 is 0 Å². The minimum Gasteiger partial charge on any atom is -0.456 e.